The molecular formula is C15H16O4. The molecule has 1 N–H and O–H groups in total. The van der Waals surface area contributed by atoms with Crippen LogP contribution in [0.25, 0.3) is 11.0 Å². The molecule has 0 saturated heterocycles. The number of benzene rings is 1. The maximum absolute atomic E-state index is 12.2. The van der Waals surface area contributed by atoms with Crippen LogP contribution in [-0.4, -0.2) is 10.9 Å². The molecule has 3 rings (SSSR count). The highest BCUT2D eigenvalue weighted by atomic mass is 16.6. The summed E-state index contributed by atoms with van der Waals surface area (Å²) in [6, 6.07) is 7.19. The molecule has 19 heavy (non-hydrogen) atoms. The first-order valence-corrected chi connectivity index (χ1v) is 6.28. The predicted octanol–water partition coefficient (Wildman–Crippen LogP) is 2.56. The lowest BCUT2D eigenvalue weighted by molar-refractivity contribution is -0.147. The lowest BCUT2D eigenvalue weighted by Gasteiger charge is -2.40. The monoisotopic (exact) mass is 260 g/mol. The first-order valence-electron chi connectivity index (χ1n) is 6.28. The molecule has 0 radical (unpaired) electrons. The predicted molar refractivity (Wildman–Crippen MR) is 71.4 cm³/mol. The molecule has 1 unspecified atom stereocenters. The fourth-order valence-corrected chi connectivity index (χ4v) is 2.98. The van der Waals surface area contributed by atoms with Gasteiger partial charge in [0.1, 0.15) is 11.3 Å². The smallest absolute Gasteiger partial charge is 0.343 e. The quantitative estimate of drug-likeness (QED) is 0.739. The normalized spacial score (nSPS) is 24.8. The van der Waals surface area contributed by atoms with Crippen LogP contribution in [0.2, 0.25) is 0 Å². The highest BCUT2D eigenvalue weighted by Gasteiger charge is 2.43. The molecule has 4 nitrogen and oxygen atoms in total. The van der Waals surface area contributed by atoms with Crippen LogP contribution in [0, 0.1) is 0 Å². The molecule has 100 valence electrons. The van der Waals surface area contributed by atoms with E-state index in [-0.39, 0.29) is 0 Å². The van der Waals surface area contributed by atoms with Gasteiger partial charge in [0.25, 0.3) is 0 Å². The highest BCUT2D eigenvalue weighted by Crippen LogP contribution is 2.45. The Morgan fingerprint density at radius 3 is 2.63 bits per heavy atom. The van der Waals surface area contributed by atoms with Gasteiger partial charge in [-0.2, -0.15) is 0 Å². The van der Waals surface area contributed by atoms with Crippen molar-refractivity contribution in [2.75, 3.05) is 0 Å². The van der Waals surface area contributed by atoms with Crippen LogP contribution in [-0.2, 0) is 5.41 Å². The maximum Gasteiger partial charge on any atom is 0.343 e. The van der Waals surface area contributed by atoms with Crippen LogP contribution in [0.4, 0.5) is 0 Å². The topological polar surface area (TPSA) is 59.7 Å². The van der Waals surface area contributed by atoms with Crippen molar-refractivity contribution in [3.05, 3.63) is 40.2 Å². The van der Waals surface area contributed by atoms with Crippen molar-refractivity contribution in [2.24, 2.45) is 0 Å². The van der Waals surface area contributed by atoms with Crippen LogP contribution in [0.1, 0.15) is 32.8 Å². The zero-order valence-electron chi connectivity index (χ0n) is 11.2. The minimum absolute atomic E-state index is 0.343. The van der Waals surface area contributed by atoms with Crippen molar-refractivity contribution < 1.29 is 14.3 Å². The summed E-state index contributed by atoms with van der Waals surface area (Å²) in [5, 5.41) is 11.0. The van der Waals surface area contributed by atoms with E-state index in [1.165, 1.54) is 0 Å². The van der Waals surface area contributed by atoms with E-state index in [4.69, 9.17) is 9.15 Å². The minimum atomic E-state index is -1.28. The number of hydrogen-bond donors (Lipinski definition) is 1. The molecule has 0 spiro atoms. The number of ether oxygens (including phenoxy) is 1. The zero-order chi connectivity index (χ0) is 13.8. The summed E-state index contributed by atoms with van der Waals surface area (Å²) >= 11 is 0. The molecule has 4 heteroatoms. The molecule has 0 aliphatic carbocycles. The van der Waals surface area contributed by atoms with Gasteiger partial charge in [-0.05, 0) is 12.1 Å². The fraction of sp³-hybridized carbons (Fsp3) is 0.400. The lowest BCUT2D eigenvalue weighted by Crippen LogP contribution is -2.45. The molecule has 0 amide bonds. The van der Waals surface area contributed by atoms with E-state index in [1.54, 1.807) is 19.1 Å². The van der Waals surface area contributed by atoms with Crippen LogP contribution in [0.15, 0.2) is 33.5 Å². The molecule has 0 bridgehead atoms. The van der Waals surface area contributed by atoms with Crippen molar-refractivity contribution in [3.63, 3.8) is 0 Å². The second-order valence-electron chi connectivity index (χ2n) is 5.93. The van der Waals surface area contributed by atoms with Gasteiger partial charge in [0.2, 0.25) is 5.79 Å². The third-order valence-electron chi connectivity index (χ3n) is 3.53. The van der Waals surface area contributed by atoms with Crippen molar-refractivity contribution in [1.29, 1.82) is 0 Å². The van der Waals surface area contributed by atoms with E-state index in [0.29, 0.717) is 28.7 Å². The van der Waals surface area contributed by atoms with Crippen molar-refractivity contribution in [3.8, 4) is 5.75 Å². The lowest BCUT2D eigenvalue weighted by atomic mass is 9.77. The van der Waals surface area contributed by atoms with Crippen LogP contribution in [0.5, 0.6) is 5.75 Å². The first-order chi connectivity index (χ1) is 8.80. The molecule has 0 saturated carbocycles. The standard InChI is InChI=1S/C15H16O4/c1-14(2)8-15(3,17)19-12-9-6-4-5-7-10(9)18-13(16)11(12)14/h4-7,17H,8H2,1-3H3. The second-order valence-corrected chi connectivity index (χ2v) is 5.93. The van der Waals surface area contributed by atoms with E-state index in [0.717, 1.165) is 0 Å². The SMILES string of the molecule is CC1(O)CC(C)(C)c2c(c3ccccc3oc2=O)O1. The summed E-state index contributed by atoms with van der Waals surface area (Å²) < 4.78 is 11.0. The third kappa shape index (κ3) is 1.83. The number of hydrogen-bond acceptors (Lipinski definition) is 4. The average molecular weight is 260 g/mol. The molecule has 1 aliphatic heterocycles. The van der Waals surface area contributed by atoms with Gasteiger partial charge in [0, 0.05) is 18.8 Å². The molecule has 2 heterocycles. The second kappa shape index (κ2) is 3.61. The Kier molecular flexibility index (Phi) is 2.32. The Morgan fingerprint density at radius 2 is 1.89 bits per heavy atom. The molecule has 2 aromatic rings. The Hall–Kier alpha value is -1.81. The molecule has 0 fully saturated rings. The fourth-order valence-electron chi connectivity index (χ4n) is 2.98. The van der Waals surface area contributed by atoms with Gasteiger partial charge in [-0.25, -0.2) is 4.79 Å². The van der Waals surface area contributed by atoms with Crippen LogP contribution >= 0.6 is 0 Å². The third-order valence-corrected chi connectivity index (χ3v) is 3.53. The summed E-state index contributed by atoms with van der Waals surface area (Å²) in [5.74, 6) is -0.847. The van der Waals surface area contributed by atoms with Gasteiger partial charge in [-0.15, -0.1) is 0 Å². The molecule has 1 atom stereocenters. The molecular weight excluding hydrogens is 244 g/mol. The van der Waals surface area contributed by atoms with Gasteiger partial charge in [0.05, 0.1) is 10.9 Å². The van der Waals surface area contributed by atoms with Crippen molar-refractivity contribution in [2.45, 2.75) is 38.4 Å². The number of rotatable bonds is 0. The highest BCUT2D eigenvalue weighted by molar-refractivity contribution is 5.85. The molecule has 1 aromatic carbocycles. The van der Waals surface area contributed by atoms with Gasteiger partial charge >= 0.3 is 5.63 Å². The summed E-state index contributed by atoms with van der Waals surface area (Å²) in [5.41, 5.74) is 0.0773. The Balaban J connectivity index is 2.43. The molecule has 1 aliphatic rings. The first kappa shape index (κ1) is 12.2. The van der Waals surface area contributed by atoms with Crippen LogP contribution < -0.4 is 10.4 Å². The number of para-hydroxylation sites is 1. The zero-order valence-corrected chi connectivity index (χ0v) is 11.2. The van der Waals surface area contributed by atoms with Crippen molar-refractivity contribution in [1.82, 2.24) is 0 Å². The Bertz CT molecular complexity index is 710. The van der Waals surface area contributed by atoms with Gasteiger partial charge < -0.3 is 14.3 Å². The molecule has 1 aromatic heterocycles. The van der Waals surface area contributed by atoms with Crippen molar-refractivity contribution >= 4 is 11.0 Å². The Morgan fingerprint density at radius 1 is 1.21 bits per heavy atom. The van der Waals surface area contributed by atoms with Gasteiger partial charge in [0.15, 0.2) is 0 Å². The summed E-state index contributed by atoms with van der Waals surface area (Å²) in [6.07, 6.45) is 0.343. The number of aliphatic hydroxyl groups is 1. The average Bonchev–Trinajstić information content (AvgIpc) is 2.25. The summed E-state index contributed by atoms with van der Waals surface area (Å²) in [7, 11) is 0. The maximum atomic E-state index is 12.2. The van der Waals surface area contributed by atoms with E-state index < -0.39 is 16.8 Å². The largest absolute Gasteiger partial charge is 0.461 e. The van der Waals surface area contributed by atoms with E-state index in [1.807, 2.05) is 26.0 Å². The van der Waals surface area contributed by atoms with E-state index >= 15 is 0 Å². The van der Waals surface area contributed by atoms with E-state index in [9.17, 15) is 9.90 Å². The Labute approximate surface area is 110 Å². The summed E-state index contributed by atoms with van der Waals surface area (Å²) in [6.45, 7) is 5.43. The van der Waals surface area contributed by atoms with Gasteiger partial charge in [-0.3, -0.25) is 0 Å². The number of fused-ring (bicyclic) bond motifs is 3. The van der Waals surface area contributed by atoms with E-state index in [2.05, 4.69) is 0 Å². The minimum Gasteiger partial charge on any atom is -0.461 e. The van der Waals surface area contributed by atoms with Crippen LogP contribution in [0.3, 0.4) is 0 Å². The summed E-state index contributed by atoms with van der Waals surface area (Å²) in [4.78, 5) is 12.2. The van der Waals surface area contributed by atoms with Gasteiger partial charge in [-0.1, -0.05) is 26.0 Å².